The van der Waals surface area contributed by atoms with Crippen molar-refractivity contribution in [1.82, 2.24) is 4.57 Å². The smallest absolute Gasteiger partial charge is 0.0491 e. The topological polar surface area (TPSA) is 4.93 Å². The van der Waals surface area contributed by atoms with Crippen LogP contribution in [0.5, 0.6) is 0 Å². The molecule has 23 heavy (non-hydrogen) atoms. The number of rotatable bonds is 0. The van der Waals surface area contributed by atoms with Gasteiger partial charge in [0.15, 0.2) is 0 Å². The van der Waals surface area contributed by atoms with E-state index in [0.717, 1.165) is 0 Å². The number of para-hydroxylation sites is 1. The highest BCUT2D eigenvalue weighted by Crippen LogP contribution is 2.36. The molecule has 0 amide bonds. The van der Waals surface area contributed by atoms with Crippen LogP contribution < -0.4 is 0 Å². The Bertz CT molecular complexity index is 770. The summed E-state index contributed by atoms with van der Waals surface area (Å²) >= 11 is 0. The van der Waals surface area contributed by atoms with E-state index in [1.54, 1.807) is 0 Å². The number of hydrogen-bond acceptors (Lipinski definition) is 0. The molecule has 0 saturated carbocycles. The summed E-state index contributed by atoms with van der Waals surface area (Å²) in [6.45, 7) is 17.1. The summed E-state index contributed by atoms with van der Waals surface area (Å²) in [4.78, 5) is 0. The molecule has 1 heterocycles. The highest BCUT2D eigenvalue weighted by molar-refractivity contribution is 6.10. The molecule has 0 saturated heterocycles. The van der Waals surface area contributed by atoms with Gasteiger partial charge in [0, 0.05) is 28.9 Å². The average molecular weight is 312 g/mol. The predicted molar refractivity (Wildman–Crippen MR) is 107 cm³/mol. The minimum atomic E-state index is 0.190. The van der Waals surface area contributed by atoms with Gasteiger partial charge in [0.05, 0.1) is 0 Å². The van der Waals surface area contributed by atoms with Gasteiger partial charge in [-0.25, -0.2) is 0 Å². The van der Waals surface area contributed by atoms with E-state index in [-0.39, 0.29) is 5.41 Å². The van der Waals surface area contributed by atoms with Crippen LogP contribution in [0.2, 0.25) is 0 Å². The van der Waals surface area contributed by atoms with E-state index in [1.807, 2.05) is 27.7 Å². The third kappa shape index (κ3) is 3.44. The van der Waals surface area contributed by atoms with Gasteiger partial charge in [-0.1, -0.05) is 72.7 Å². The van der Waals surface area contributed by atoms with Crippen LogP contribution in [-0.4, -0.2) is 4.57 Å². The number of aryl methyl sites for hydroxylation is 2. The molecule has 1 heteroatoms. The first-order chi connectivity index (χ1) is 10.9. The Morgan fingerprint density at radius 2 is 1.35 bits per heavy atom. The van der Waals surface area contributed by atoms with E-state index in [0.29, 0.717) is 0 Å². The van der Waals surface area contributed by atoms with E-state index in [9.17, 15) is 0 Å². The summed E-state index contributed by atoms with van der Waals surface area (Å²) in [5.41, 5.74) is 5.69. The highest BCUT2D eigenvalue weighted by Gasteiger charge is 2.19. The van der Waals surface area contributed by atoms with Crippen molar-refractivity contribution in [1.29, 1.82) is 0 Å². The molecule has 0 fully saturated rings. The minimum absolute atomic E-state index is 0.190. The van der Waals surface area contributed by atoms with Gasteiger partial charge < -0.3 is 4.57 Å². The van der Waals surface area contributed by atoms with E-state index in [2.05, 4.69) is 75.7 Å². The minimum Gasteiger partial charge on any atom is -0.344 e. The molecule has 1 aromatic heterocycles. The Balaban J connectivity index is 0.000000615. The number of nitrogens with zero attached hydrogens (tertiary/aromatic N) is 1. The van der Waals surface area contributed by atoms with E-state index in [1.165, 1.54) is 32.9 Å². The lowest BCUT2D eigenvalue weighted by atomic mass is 9.83. The second-order valence-electron chi connectivity index (χ2n) is 6.46. The maximum absolute atomic E-state index is 2.30. The Morgan fingerprint density at radius 1 is 0.783 bits per heavy atom. The molecule has 0 atom stereocenters. The van der Waals surface area contributed by atoms with Crippen molar-refractivity contribution in [2.75, 3.05) is 0 Å². The van der Waals surface area contributed by atoms with Crippen molar-refractivity contribution in [2.45, 2.75) is 60.8 Å². The van der Waals surface area contributed by atoms with Gasteiger partial charge in [-0.15, -0.1) is 0 Å². The quantitative estimate of drug-likeness (QED) is 0.421. The Labute approximate surface area is 142 Å². The van der Waals surface area contributed by atoms with Crippen molar-refractivity contribution >= 4 is 21.8 Å². The summed E-state index contributed by atoms with van der Waals surface area (Å²) < 4.78 is 2.30. The van der Waals surface area contributed by atoms with Gasteiger partial charge >= 0.3 is 0 Å². The maximum Gasteiger partial charge on any atom is 0.0491 e. The summed E-state index contributed by atoms with van der Waals surface area (Å²) in [5.74, 6) is 0. The summed E-state index contributed by atoms with van der Waals surface area (Å²) in [5, 5.41) is 2.77. The van der Waals surface area contributed by atoms with Gasteiger partial charge in [-0.3, -0.25) is 0 Å². The first kappa shape index (κ1) is 19.3. The van der Waals surface area contributed by atoms with E-state index >= 15 is 0 Å². The Morgan fingerprint density at radius 3 is 1.91 bits per heavy atom. The molecule has 0 aliphatic carbocycles. The molecule has 0 unspecified atom stereocenters. The standard InChI is InChI=1S/C18H21N.2C2H6/c1-12-14(18(2,3)4)10-11-16-17(12)13-8-6-7-9-15(13)19(16)5;2*1-2/h6-11H,1-5H3;2*1-2H3. The van der Waals surface area contributed by atoms with Crippen LogP contribution in [0.1, 0.15) is 59.6 Å². The zero-order chi connectivity index (χ0) is 17.8. The molecular weight excluding hydrogens is 278 g/mol. The monoisotopic (exact) mass is 311 g/mol. The third-order valence-corrected chi connectivity index (χ3v) is 4.15. The first-order valence-corrected chi connectivity index (χ1v) is 8.88. The van der Waals surface area contributed by atoms with Crippen LogP contribution in [0.15, 0.2) is 36.4 Å². The van der Waals surface area contributed by atoms with E-state index in [4.69, 9.17) is 0 Å². The Kier molecular flexibility index (Phi) is 6.44. The summed E-state index contributed by atoms with van der Waals surface area (Å²) in [7, 11) is 2.15. The third-order valence-electron chi connectivity index (χ3n) is 4.15. The largest absolute Gasteiger partial charge is 0.344 e. The number of fused-ring (bicyclic) bond motifs is 3. The second-order valence-corrected chi connectivity index (χ2v) is 6.46. The molecule has 0 aliphatic heterocycles. The molecule has 0 N–H and O–H groups in total. The fourth-order valence-corrected chi connectivity index (χ4v) is 3.24. The molecule has 3 aromatic rings. The number of hydrogen-bond donors (Lipinski definition) is 0. The molecule has 0 radical (unpaired) electrons. The van der Waals surface area contributed by atoms with Gasteiger partial charge in [0.25, 0.3) is 0 Å². The summed E-state index contributed by atoms with van der Waals surface area (Å²) in [6, 6.07) is 13.2. The highest BCUT2D eigenvalue weighted by atomic mass is 14.9. The van der Waals surface area contributed by atoms with Gasteiger partial charge in [-0.05, 0) is 35.6 Å². The van der Waals surface area contributed by atoms with Crippen LogP contribution >= 0.6 is 0 Å². The van der Waals surface area contributed by atoms with Crippen molar-refractivity contribution in [3.8, 4) is 0 Å². The average Bonchev–Trinajstić information content (AvgIpc) is 2.85. The molecule has 3 rings (SSSR count). The molecule has 1 nitrogen and oxygen atoms in total. The lowest BCUT2D eigenvalue weighted by Crippen LogP contribution is -2.13. The lowest BCUT2D eigenvalue weighted by molar-refractivity contribution is 0.587. The molecule has 0 aliphatic rings. The predicted octanol–water partition coefficient (Wildman–Crippen LogP) is 6.99. The van der Waals surface area contributed by atoms with Crippen molar-refractivity contribution in [2.24, 2.45) is 7.05 Å². The van der Waals surface area contributed by atoms with Gasteiger partial charge in [0.2, 0.25) is 0 Å². The van der Waals surface area contributed by atoms with Crippen LogP contribution in [0, 0.1) is 6.92 Å². The van der Waals surface area contributed by atoms with E-state index < -0.39 is 0 Å². The molecule has 0 bridgehead atoms. The number of aromatic nitrogens is 1. The Hall–Kier alpha value is -1.76. The molecule has 2 aromatic carbocycles. The maximum atomic E-state index is 2.30. The molecule has 126 valence electrons. The second kappa shape index (κ2) is 7.68. The van der Waals surface area contributed by atoms with Crippen molar-refractivity contribution < 1.29 is 0 Å². The lowest BCUT2D eigenvalue weighted by Gasteiger charge is -2.22. The molecule has 0 spiro atoms. The van der Waals surface area contributed by atoms with Crippen LogP contribution in [0.3, 0.4) is 0 Å². The van der Waals surface area contributed by atoms with Gasteiger partial charge in [0.1, 0.15) is 0 Å². The first-order valence-electron chi connectivity index (χ1n) is 8.88. The van der Waals surface area contributed by atoms with Crippen molar-refractivity contribution in [3.63, 3.8) is 0 Å². The fraction of sp³-hybridized carbons (Fsp3) is 0.455. The zero-order valence-corrected chi connectivity index (χ0v) is 16.4. The summed E-state index contributed by atoms with van der Waals surface area (Å²) in [6.07, 6.45) is 0. The van der Waals surface area contributed by atoms with Crippen LogP contribution in [0.25, 0.3) is 21.8 Å². The van der Waals surface area contributed by atoms with Gasteiger partial charge in [-0.2, -0.15) is 0 Å². The fourth-order valence-electron chi connectivity index (χ4n) is 3.24. The number of benzene rings is 2. The molecular formula is C22H33N. The SMILES string of the molecule is CC.CC.Cc1c(C(C)(C)C)ccc2c1c1ccccc1n2C. The van der Waals surface area contributed by atoms with Crippen molar-refractivity contribution in [3.05, 3.63) is 47.5 Å². The van der Waals surface area contributed by atoms with Crippen LogP contribution in [-0.2, 0) is 12.5 Å². The normalized spacial score (nSPS) is 10.8. The zero-order valence-electron chi connectivity index (χ0n) is 16.4. The van der Waals surface area contributed by atoms with Crippen LogP contribution in [0.4, 0.5) is 0 Å².